The molecule has 0 saturated carbocycles. The van der Waals surface area contributed by atoms with E-state index >= 15 is 0 Å². The Morgan fingerprint density at radius 2 is 2.10 bits per heavy atom. The van der Waals surface area contributed by atoms with Gasteiger partial charge in [-0.25, -0.2) is 4.98 Å². The van der Waals surface area contributed by atoms with Gasteiger partial charge < -0.3 is 23.9 Å². The molecule has 29 heavy (non-hydrogen) atoms. The van der Waals surface area contributed by atoms with E-state index in [9.17, 15) is 9.59 Å². The molecular weight excluding hydrogens is 376 g/mol. The normalized spacial score (nSPS) is 16.1. The highest BCUT2D eigenvalue weighted by molar-refractivity contribution is 5.81. The summed E-state index contributed by atoms with van der Waals surface area (Å²) < 4.78 is 22.3. The van der Waals surface area contributed by atoms with Crippen molar-refractivity contribution in [2.24, 2.45) is 0 Å². The molecule has 8 heteroatoms. The van der Waals surface area contributed by atoms with Gasteiger partial charge in [0.05, 0.1) is 43.7 Å². The number of esters is 1. The van der Waals surface area contributed by atoms with Gasteiger partial charge in [-0.1, -0.05) is 12.8 Å². The number of ether oxygens (including phenoxy) is 4. The van der Waals surface area contributed by atoms with Crippen LogP contribution < -0.4 is 15.0 Å². The quantitative estimate of drug-likeness (QED) is 0.454. The molecule has 158 valence electrons. The number of aromatic nitrogens is 2. The lowest BCUT2D eigenvalue weighted by atomic mass is 10.1. The van der Waals surface area contributed by atoms with Crippen LogP contribution in [0.5, 0.6) is 11.5 Å². The van der Waals surface area contributed by atoms with Crippen LogP contribution in [0.3, 0.4) is 0 Å². The van der Waals surface area contributed by atoms with Crippen molar-refractivity contribution >= 4 is 16.9 Å². The first-order valence-corrected chi connectivity index (χ1v) is 10.2. The van der Waals surface area contributed by atoms with Gasteiger partial charge in [0.1, 0.15) is 6.10 Å². The molecular formula is C21H28N2O6. The van der Waals surface area contributed by atoms with Crippen molar-refractivity contribution in [1.29, 1.82) is 0 Å². The van der Waals surface area contributed by atoms with Gasteiger partial charge >= 0.3 is 5.97 Å². The Morgan fingerprint density at radius 3 is 2.90 bits per heavy atom. The van der Waals surface area contributed by atoms with Crippen LogP contribution in [0, 0.1) is 0 Å². The minimum absolute atomic E-state index is 0.0281. The van der Waals surface area contributed by atoms with Crippen LogP contribution in [0.4, 0.5) is 0 Å². The van der Waals surface area contributed by atoms with Crippen LogP contribution in [0.2, 0.25) is 0 Å². The Bertz CT molecular complexity index is 860. The van der Waals surface area contributed by atoms with Gasteiger partial charge in [-0.2, -0.15) is 0 Å². The Morgan fingerprint density at radius 1 is 1.24 bits per heavy atom. The third-order valence-electron chi connectivity index (χ3n) is 4.73. The van der Waals surface area contributed by atoms with Gasteiger partial charge in [0.2, 0.25) is 0 Å². The predicted molar refractivity (Wildman–Crippen MR) is 107 cm³/mol. The molecule has 1 aliphatic heterocycles. The van der Waals surface area contributed by atoms with Crippen LogP contribution in [0.25, 0.3) is 10.9 Å². The molecule has 2 aromatic rings. The van der Waals surface area contributed by atoms with E-state index in [2.05, 4.69) is 9.97 Å². The Balaban J connectivity index is 1.56. The molecule has 0 spiro atoms. The van der Waals surface area contributed by atoms with Gasteiger partial charge in [0.15, 0.2) is 11.5 Å². The summed E-state index contributed by atoms with van der Waals surface area (Å²) in [5, 5.41) is 0.465. The Hall–Kier alpha value is -2.61. The second-order valence-electron chi connectivity index (χ2n) is 6.97. The molecule has 0 bridgehead atoms. The van der Waals surface area contributed by atoms with Crippen molar-refractivity contribution in [2.75, 3.05) is 26.4 Å². The molecule has 8 nitrogen and oxygen atoms in total. The number of aromatic amines is 1. The number of fused-ring (bicyclic) bond motifs is 1. The first kappa shape index (κ1) is 21.1. The van der Waals surface area contributed by atoms with Crippen LogP contribution in [0.15, 0.2) is 23.3 Å². The second kappa shape index (κ2) is 10.8. The van der Waals surface area contributed by atoms with E-state index in [1.54, 1.807) is 12.1 Å². The molecule has 1 aliphatic rings. The summed E-state index contributed by atoms with van der Waals surface area (Å²) >= 11 is 0. The van der Waals surface area contributed by atoms with Gasteiger partial charge in [0, 0.05) is 18.9 Å². The van der Waals surface area contributed by atoms with Crippen LogP contribution in [0.1, 0.15) is 45.4 Å². The largest absolute Gasteiger partial charge is 0.490 e. The summed E-state index contributed by atoms with van der Waals surface area (Å²) in [4.78, 5) is 30.2. The van der Waals surface area contributed by atoms with Crippen molar-refractivity contribution in [1.82, 2.24) is 9.97 Å². The van der Waals surface area contributed by atoms with E-state index in [-0.39, 0.29) is 17.6 Å². The number of carbonyl (C=O) groups is 1. The maximum Gasteiger partial charge on any atom is 0.305 e. The average Bonchev–Trinajstić information content (AvgIpc) is 3.21. The number of nitrogens with zero attached hydrogens (tertiary/aromatic N) is 1. The third kappa shape index (κ3) is 6.19. The lowest BCUT2D eigenvalue weighted by Gasteiger charge is -2.17. The molecule has 1 atom stereocenters. The Kier molecular flexibility index (Phi) is 7.86. The van der Waals surface area contributed by atoms with Gasteiger partial charge in [-0.15, -0.1) is 0 Å². The lowest BCUT2D eigenvalue weighted by Crippen LogP contribution is -2.17. The molecule has 3 rings (SSSR count). The number of hydrogen-bond acceptors (Lipinski definition) is 7. The molecule has 0 amide bonds. The average molecular weight is 404 g/mol. The number of nitrogens with one attached hydrogen (secondary N) is 1. The topological polar surface area (TPSA) is 99.7 Å². The van der Waals surface area contributed by atoms with Gasteiger partial charge in [0.25, 0.3) is 5.56 Å². The fourth-order valence-corrected chi connectivity index (χ4v) is 3.21. The van der Waals surface area contributed by atoms with Crippen LogP contribution in [-0.4, -0.2) is 48.5 Å². The number of carbonyl (C=O) groups excluding carboxylic acids is 1. The van der Waals surface area contributed by atoms with Gasteiger partial charge in [-0.3, -0.25) is 9.59 Å². The number of hydrogen-bond donors (Lipinski definition) is 1. The maximum absolute atomic E-state index is 12.1. The van der Waals surface area contributed by atoms with Crippen molar-refractivity contribution < 1.29 is 23.7 Å². The summed E-state index contributed by atoms with van der Waals surface area (Å²) in [7, 11) is 0. The monoisotopic (exact) mass is 404 g/mol. The zero-order valence-electron chi connectivity index (χ0n) is 16.8. The van der Waals surface area contributed by atoms with E-state index in [0.717, 1.165) is 32.1 Å². The minimum atomic E-state index is -0.213. The molecule has 0 radical (unpaired) electrons. The zero-order valence-corrected chi connectivity index (χ0v) is 16.8. The van der Waals surface area contributed by atoms with E-state index in [1.807, 2.05) is 6.92 Å². The highest BCUT2D eigenvalue weighted by atomic mass is 16.6. The molecule has 1 N–H and O–H groups in total. The second-order valence-corrected chi connectivity index (χ2v) is 6.97. The molecule has 1 unspecified atom stereocenters. The minimum Gasteiger partial charge on any atom is -0.490 e. The zero-order chi connectivity index (χ0) is 20.5. The lowest BCUT2D eigenvalue weighted by molar-refractivity contribution is -0.143. The first-order chi connectivity index (χ1) is 14.2. The Labute approximate surface area is 169 Å². The van der Waals surface area contributed by atoms with Gasteiger partial charge in [-0.05, 0) is 25.8 Å². The molecule has 1 aromatic heterocycles. The highest BCUT2D eigenvalue weighted by Crippen LogP contribution is 2.32. The summed E-state index contributed by atoms with van der Waals surface area (Å²) in [6.45, 7) is 3.96. The maximum atomic E-state index is 12.1. The predicted octanol–water partition coefficient (Wildman–Crippen LogP) is 2.98. The van der Waals surface area contributed by atoms with Crippen molar-refractivity contribution in [3.05, 3.63) is 28.8 Å². The van der Waals surface area contributed by atoms with E-state index < -0.39 is 0 Å². The summed E-state index contributed by atoms with van der Waals surface area (Å²) in [6, 6.07) is 3.44. The van der Waals surface area contributed by atoms with Crippen LogP contribution in [-0.2, 0) is 14.3 Å². The third-order valence-corrected chi connectivity index (χ3v) is 4.73. The van der Waals surface area contributed by atoms with Crippen molar-refractivity contribution in [2.45, 2.75) is 51.6 Å². The summed E-state index contributed by atoms with van der Waals surface area (Å²) in [5.74, 6) is 0.972. The fourth-order valence-electron chi connectivity index (χ4n) is 3.21. The smallest absolute Gasteiger partial charge is 0.305 e. The summed E-state index contributed by atoms with van der Waals surface area (Å²) in [5.41, 5.74) is 0.351. The molecule has 1 saturated heterocycles. The standard InChI is InChI=1S/C21H28N2O6/c1-2-27-20(24)7-5-3-4-6-9-28-18-11-16-17(22-14-23-21(16)25)12-19(18)29-15-8-10-26-13-15/h11-12,14-15H,2-10,13H2,1H3,(H,22,23,25). The fraction of sp³-hybridized carbons (Fsp3) is 0.571. The van der Waals surface area contributed by atoms with Crippen LogP contribution >= 0.6 is 0 Å². The highest BCUT2D eigenvalue weighted by Gasteiger charge is 2.20. The number of rotatable bonds is 11. The van der Waals surface area contributed by atoms with Crippen molar-refractivity contribution in [3.8, 4) is 11.5 Å². The van der Waals surface area contributed by atoms with E-state index in [1.165, 1.54) is 6.33 Å². The molecule has 0 aliphatic carbocycles. The van der Waals surface area contributed by atoms with E-state index in [0.29, 0.717) is 55.3 Å². The number of unbranched alkanes of at least 4 members (excludes halogenated alkanes) is 3. The molecule has 1 aromatic carbocycles. The SMILES string of the molecule is CCOC(=O)CCCCCCOc1cc2c(=O)[nH]cnc2cc1OC1CCOC1. The number of benzene rings is 1. The molecule has 1 fully saturated rings. The number of H-pyrrole nitrogens is 1. The molecule has 2 heterocycles. The first-order valence-electron chi connectivity index (χ1n) is 10.2. The summed E-state index contributed by atoms with van der Waals surface area (Å²) in [6.07, 6.45) is 6.16. The van der Waals surface area contributed by atoms with E-state index in [4.69, 9.17) is 18.9 Å². The van der Waals surface area contributed by atoms with Crippen molar-refractivity contribution in [3.63, 3.8) is 0 Å².